The molecule has 2 atom stereocenters. The second kappa shape index (κ2) is 7.07. The zero-order valence-electron chi connectivity index (χ0n) is 12.6. The molecular formula is C18H18N2O3. The molecule has 118 valence electrons. The lowest BCUT2D eigenvalue weighted by Crippen LogP contribution is -2.59. The smallest absolute Gasteiger partial charge is 0.247 e. The van der Waals surface area contributed by atoms with Crippen LogP contribution in [0.4, 0.5) is 0 Å². The molecule has 2 N–H and O–H groups in total. The van der Waals surface area contributed by atoms with Gasteiger partial charge in [0.1, 0.15) is 12.1 Å². The normalized spacial score (nSPS) is 20.7. The van der Waals surface area contributed by atoms with Crippen molar-refractivity contribution in [3.05, 3.63) is 71.8 Å². The van der Waals surface area contributed by atoms with Crippen molar-refractivity contribution in [2.24, 2.45) is 0 Å². The Bertz CT molecular complexity index is 673. The number of hydrogen-bond donors (Lipinski definition) is 2. The summed E-state index contributed by atoms with van der Waals surface area (Å²) >= 11 is 0. The van der Waals surface area contributed by atoms with Gasteiger partial charge in [0.2, 0.25) is 11.8 Å². The predicted molar refractivity (Wildman–Crippen MR) is 85.4 cm³/mol. The minimum absolute atomic E-state index is 0.147. The predicted octanol–water partition coefficient (Wildman–Crippen LogP) is 1.56. The zero-order chi connectivity index (χ0) is 16.1. The molecule has 1 aliphatic heterocycles. The minimum atomic E-state index is -0.661. The van der Waals surface area contributed by atoms with Gasteiger partial charge in [-0.2, -0.15) is 0 Å². The summed E-state index contributed by atoms with van der Waals surface area (Å²) in [5.41, 5.74) is 1.79. The average Bonchev–Trinajstić information content (AvgIpc) is 2.59. The van der Waals surface area contributed by atoms with Crippen LogP contribution in [0.5, 0.6) is 0 Å². The number of carbonyl (C=O) groups is 2. The number of carbonyl (C=O) groups excluding carboxylic acids is 2. The summed E-state index contributed by atoms with van der Waals surface area (Å²) in [6.45, 7) is 0.552. The quantitative estimate of drug-likeness (QED) is 0.880. The van der Waals surface area contributed by atoms with E-state index in [4.69, 9.17) is 4.74 Å². The van der Waals surface area contributed by atoms with Crippen molar-refractivity contribution >= 4 is 11.8 Å². The highest BCUT2D eigenvalue weighted by Gasteiger charge is 2.34. The highest BCUT2D eigenvalue weighted by atomic mass is 16.5. The van der Waals surface area contributed by atoms with Crippen molar-refractivity contribution < 1.29 is 14.3 Å². The molecule has 3 rings (SSSR count). The van der Waals surface area contributed by atoms with E-state index >= 15 is 0 Å². The van der Waals surface area contributed by atoms with Gasteiger partial charge in [0, 0.05) is 0 Å². The first-order valence-electron chi connectivity index (χ1n) is 7.51. The summed E-state index contributed by atoms with van der Waals surface area (Å²) < 4.78 is 5.54. The largest absolute Gasteiger partial charge is 0.374 e. The number of nitrogens with one attached hydrogen (secondary N) is 2. The molecular weight excluding hydrogens is 292 g/mol. The molecule has 0 spiro atoms. The first kappa shape index (κ1) is 15.2. The van der Waals surface area contributed by atoms with E-state index in [0.717, 1.165) is 11.1 Å². The molecule has 1 aliphatic rings. The fourth-order valence-electron chi connectivity index (χ4n) is 2.50. The van der Waals surface area contributed by atoms with Crippen LogP contribution in [-0.4, -0.2) is 24.5 Å². The Labute approximate surface area is 134 Å². The summed E-state index contributed by atoms with van der Waals surface area (Å²) in [4.78, 5) is 24.4. The maximum Gasteiger partial charge on any atom is 0.247 e. The molecule has 5 nitrogen and oxygen atoms in total. The molecule has 1 fully saturated rings. The van der Waals surface area contributed by atoms with Gasteiger partial charge in [-0.1, -0.05) is 60.7 Å². The molecule has 2 aromatic carbocycles. The van der Waals surface area contributed by atoms with Gasteiger partial charge in [0.05, 0.1) is 13.2 Å². The maximum absolute atomic E-state index is 12.2. The molecule has 1 heterocycles. The second-order valence-electron chi connectivity index (χ2n) is 5.41. The monoisotopic (exact) mass is 310 g/mol. The third kappa shape index (κ3) is 3.76. The van der Waals surface area contributed by atoms with Gasteiger partial charge in [0.25, 0.3) is 0 Å². The van der Waals surface area contributed by atoms with Gasteiger partial charge in [-0.25, -0.2) is 0 Å². The molecule has 1 saturated heterocycles. The summed E-state index contributed by atoms with van der Waals surface area (Å²) in [5.74, 6) is -0.448. The molecule has 0 saturated carbocycles. The van der Waals surface area contributed by atoms with Gasteiger partial charge in [-0.3, -0.25) is 9.59 Å². The van der Waals surface area contributed by atoms with Crippen LogP contribution in [0.3, 0.4) is 0 Å². The number of hydrogen-bond acceptors (Lipinski definition) is 3. The molecule has 0 radical (unpaired) electrons. The molecule has 2 amide bonds. The van der Waals surface area contributed by atoms with Gasteiger partial charge >= 0.3 is 0 Å². The Morgan fingerprint density at radius 2 is 1.48 bits per heavy atom. The summed E-state index contributed by atoms with van der Waals surface area (Å²) in [6.07, 6.45) is 0. The fourth-order valence-corrected chi connectivity index (χ4v) is 2.50. The Balaban J connectivity index is 1.55. The van der Waals surface area contributed by atoms with Crippen LogP contribution >= 0.6 is 0 Å². The lowest BCUT2D eigenvalue weighted by atomic mass is 10.0. The Morgan fingerprint density at radius 1 is 0.826 bits per heavy atom. The van der Waals surface area contributed by atoms with Gasteiger partial charge < -0.3 is 15.4 Å². The van der Waals surface area contributed by atoms with E-state index < -0.39 is 12.1 Å². The van der Waals surface area contributed by atoms with E-state index in [1.807, 2.05) is 60.7 Å². The maximum atomic E-state index is 12.2. The first-order chi connectivity index (χ1) is 11.2. The highest BCUT2D eigenvalue weighted by Crippen LogP contribution is 2.16. The molecule has 0 unspecified atom stereocenters. The molecule has 0 bridgehead atoms. The Hall–Kier alpha value is -2.66. The lowest BCUT2D eigenvalue weighted by molar-refractivity contribution is -0.138. The molecule has 5 heteroatoms. The van der Waals surface area contributed by atoms with E-state index in [1.54, 1.807) is 0 Å². The van der Waals surface area contributed by atoms with Crippen molar-refractivity contribution in [3.63, 3.8) is 0 Å². The zero-order valence-corrected chi connectivity index (χ0v) is 12.6. The molecule has 0 aliphatic carbocycles. The van der Waals surface area contributed by atoms with Crippen LogP contribution in [0.2, 0.25) is 0 Å². The molecule has 23 heavy (non-hydrogen) atoms. The number of piperazine rings is 1. The van der Waals surface area contributed by atoms with Crippen molar-refractivity contribution in [1.82, 2.24) is 10.6 Å². The summed E-state index contributed by atoms with van der Waals surface area (Å²) in [7, 11) is 0. The Kier molecular flexibility index (Phi) is 4.68. The minimum Gasteiger partial charge on any atom is -0.374 e. The van der Waals surface area contributed by atoms with Crippen LogP contribution in [0.15, 0.2) is 60.7 Å². The van der Waals surface area contributed by atoms with Crippen LogP contribution < -0.4 is 10.6 Å². The highest BCUT2D eigenvalue weighted by molar-refractivity contribution is 5.97. The van der Waals surface area contributed by atoms with E-state index in [1.165, 1.54) is 0 Å². The number of benzene rings is 2. The van der Waals surface area contributed by atoms with Gasteiger partial charge in [0.15, 0.2) is 0 Å². The average molecular weight is 310 g/mol. The topological polar surface area (TPSA) is 67.4 Å². The van der Waals surface area contributed by atoms with Crippen molar-refractivity contribution in [2.45, 2.75) is 18.7 Å². The van der Waals surface area contributed by atoms with E-state index in [0.29, 0.717) is 6.61 Å². The van der Waals surface area contributed by atoms with Crippen LogP contribution in [-0.2, 0) is 20.9 Å². The standard InChI is InChI=1S/C18H18N2O3/c21-17-15(12-23-11-13-7-3-1-4-8-13)19-18(22)16(20-17)14-9-5-2-6-10-14/h1-10,15-16H,11-12H2,(H,19,22)(H,20,21)/t15-,16+/m0/s1. The number of amides is 2. The van der Waals surface area contributed by atoms with Gasteiger partial charge in [-0.15, -0.1) is 0 Å². The van der Waals surface area contributed by atoms with Crippen LogP contribution in [0.1, 0.15) is 17.2 Å². The van der Waals surface area contributed by atoms with E-state index in [-0.39, 0.29) is 18.4 Å². The van der Waals surface area contributed by atoms with Gasteiger partial charge in [-0.05, 0) is 11.1 Å². The third-order valence-electron chi connectivity index (χ3n) is 3.71. The lowest BCUT2D eigenvalue weighted by Gasteiger charge is -2.29. The molecule has 0 aromatic heterocycles. The summed E-state index contributed by atoms with van der Waals surface area (Å²) in [5, 5.41) is 5.48. The fraction of sp³-hybridized carbons (Fsp3) is 0.222. The third-order valence-corrected chi connectivity index (χ3v) is 3.71. The van der Waals surface area contributed by atoms with E-state index in [2.05, 4.69) is 10.6 Å². The van der Waals surface area contributed by atoms with Crippen LogP contribution in [0, 0.1) is 0 Å². The first-order valence-corrected chi connectivity index (χ1v) is 7.51. The Morgan fingerprint density at radius 3 is 2.17 bits per heavy atom. The van der Waals surface area contributed by atoms with Crippen molar-refractivity contribution in [1.29, 1.82) is 0 Å². The molecule has 2 aromatic rings. The SMILES string of the molecule is O=C1N[C@H](c2ccccc2)C(=O)N[C@H]1COCc1ccccc1. The van der Waals surface area contributed by atoms with Crippen LogP contribution in [0.25, 0.3) is 0 Å². The second-order valence-corrected chi connectivity index (χ2v) is 5.41. The number of rotatable bonds is 5. The number of ether oxygens (including phenoxy) is 1. The van der Waals surface area contributed by atoms with E-state index in [9.17, 15) is 9.59 Å². The van der Waals surface area contributed by atoms with Crippen molar-refractivity contribution in [3.8, 4) is 0 Å². The van der Waals surface area contributed by atoms with Crippen molar-refractivity contribution in [2.75, 3.05) is 6.61 Å². The summed E-state index contributed by atoms with van der Waals surface area (Å²) in [6, 6.07) is 17.6.